The van der Waals surface area contributed by atoms with E-state index in [1.54, 1.807) is 48.5 Å². The van der Waals surface area contributed by atoms with E-state index >= 15 is 0 Å². The first-order valence-corrected chi connectivity index (χ1v) is 11.8. The molecule has 0 saturated heterocycles. The molecule has 2 heterocycles. The van der Waals surface area contributed by atoms with Gasteiger partial charge < -0.3 is 14.2 Å². The average Bonchev–Trinajstić information content (AvgIpc) is 3.59. The van der Waals surface area contributed by atoms with Gasteiger partial charge in [0.15, 0.2) is 5.58 Å². The predicted molar refractivity (Wildman–Crippen MR) is 145 cm³/mol. The van der Waals surface area contributed by atoms with Crippen LogP contribution in [0.3, 0.4) is 0 Å². The Morgan fingerprint density at radius 2 is 1.68 bits per heavy atom. The molecule has 0 fully saturated rings. The molecule has 0 radical (unpaired) electrons. The normalized spacial score (nSPS) is 11.4. The second-order valence-corrected chi connectivity index (χ2v) is 8.56. The van der Waals surface area contributed by atoms with Crippen molar-refractivity contribution in [2.75, 3.05) is 5.32 Å². The predicted octanol–water partition coefficient (Wildman–Crippen LogP) is 7.47. The number of carbonyl (C=O) groups excluding carboxylic acids is 1. The third kappa shape index (κ3) is 4.54. The smallest absolute Gasteiger partial charge is 0.280 e. The highest BCUT2D eigenvalue weighted by molar-refractivity contribution is 6.02. The Kier molecular flexibility index (Phi) is 5.74. The van der Waals surface area contributed by atoms with Gasteiger partial charge in [0.1, 0.15) is 17.0 Å². The van der Waals surface area contributed by atoms with Crippen LogP contribution in [0.5, 0.6) is 0 Å². The summed E-state index contributed by atoms with van der Waals surface area (Å²) in [6.45, 7) is 0. The molecule has 0 saturated carbocycles. The van der Waals surface area contributed by atoms with Crippen LogP contribution >= 0.6 is 0 Å². The Morgan fingerprint density at radius 3 is 2.55 bits per heavy atom. The van der Waals surface area contributed by atoms with Crippen LogP contribution in [0.4, 0.5) is 11.4 Å². The summed E-state index contributed by atoms with van der Waals surface area (Å²) in [5.74, 6) is 0.865. The summed E-state index contributed by atoms with van der Waals surface area (Å²) in [7, 11) is 0. The molecule has 0 aliphatic carbocycles. The number of fused-ring (bicyclic) bond motifs is 2. The molecule has 1 amide bonds. The zero-order valence-corrected chi connectivity index (χ0v) is 19.8. The van der Waals surface area contributed by atoms with Crippen molar-refractivity contribution in [1.29, 1.82) is 0 Å². The van der Waals surface area contributed by atoms with Gasteiger partial charge in [0.05, 0.1) is 10.5 Å². The van der Waals surface area contributed by atoms with Crippen molar-refractivity contribution in [2.24, 2.45) is 0 Å². The molecular formula is C30H19N3O5. The van der Waals surface area contributed by atoms with Crippen LogP contribution in [-0.2, 0) is 4.79 Å². The third-order valence-electron chi connectivity index (χ3n) is 6.04. The lowest BCUT2D eigenvalue weighted by atomic mass is 10.1. The van der Waals surface area contributed by atoms with E-state index in [0.717, 1.165) is 16.3 Å². The lowest BCUT2D eigenvalue weighted by Gasteiger charge is -2.01. The molecule has 0 bridgehead atoms. The molecule has 2 aromatic heterocycles. The number of hydrogen-bond acceptors (Lipinski definition) is 6. The Labute approximate surface area is 216 Å². The van der Waals surface area contributed by atoms with E-state index in [2.05, 4.69) is 16.4 Å². The summed E-state index contributed by atoms with van der Waals surface area (Å²) in [5.41, 5.74) is 2.97. The van der Waals surface area contributed by atoms with E-state index in [-0.39, 0.29) is 11.6 Å². The van der Waals surface area contributed by atoms with Crippen LogP contribution in [0.2, 0.25) is 0 Å². The first-order chi connectivity index (χ1) is 18.5. The number of nitrogens with zero attached hydrogens (tertiary/aromatic N) is 2. The number of nitrogens with one attached hydrogen (secondary N) is 1. The number of aromatic nitrogens is 1. The Balaban J connectivity index is 1.17. The van der Waals surface area contributed by atoms with Crippen molar-refractivity contribution in [2.45, 2.75) is 0 Å². The topological polar surface area (TPSA) is 111 Å². The minimum absolute atomic E-state index is 0.0536. The van der Waals surface area contributed by atoms with E-state index < -0.39 is 4.92 Å². The number of anilines is 1. The number of benzene rings is 4. The van der Waals surface area contributed by atoms with Gasteiger partial charge in [-0.3, -0.25) is 14.9 Å². The fraction of sp³-hybridized carbons (Fsp3) is 0. The number of furan rings is 1. The number of oxazole rings is 1. The van der Waals surface area contributed by atoms with Crippen LogP contribution in [0.25, 0.3) is 50.7 Å². The van der Waals surface area contributed by atoms with Crippen molar-refractivity contribution in [3.8, 4) is 22.8 Å². The monoisotopic (exact) mass is 501 g/mol. The quantitative estimate of drug-likeness (QED) is 0.144. The molecule has 0 unspecified atom stereocenters. The second-order valence-electron chi connectivity index (χ2n) is 8.56. The molecule has 6 rings (SSSR count). The largest absolute Gasteiger partial charge is 0.456 e. The van der Waals surface area contributed by atoms with E-state index in [9.17, 15) is 14.9 Å². The summed E-state index contributed by atoms with van der Waals surface area (Å²) < 4.78 is 11.6. The molecule has 4 aromatic carbocycles. The van der Waals surface area contributed by atoms with Crippen LogP contribution in [0.1, 0.15) is 5.76 Å². The molecule has 1 N–H and O–H groups in total. The van der Waals surface area contributed by atoms with Crippen LogP contribution in [-0.4, -0.2) is 15.8 Å². The minimum atomic E-state index is -0.461. The molecule has 6 aromatic rings. The molecule has 8 heteroatoms. The lowest BCUT2D eigenvalue weighted by Crippen LogP contribution is -2.07. The van der Waals surface area contributed by atoms with Gasteiger partial charge in [0, 0.05) is 23.4 Å². The number of hydrogen-bond donors (Lipinski definition) is 1. The fourth-order valence-electron chi connectivity index (χ4n) is 4.22. The van der Waals surface area contributed by atoms with Crippen molar-refractivity contribution in [3.63, 3.8) is 0 Å². The van der Waals surface area contributed by atoms with Crippen LogP contribution in [0.15, 0.2) is 112 Å². The van der Waals surface area contributed by atoms with Crippen molar-refractivity contribution in [1.82, 2.24) is 4.98 Å². The zero-order valence-electron chi connectivity index (χ0n) is 19.8. The number of nitro groups is 1. The van der Waals surface area contributed by atoms with Gasteiger partial charge in [-0.1, -0.05) is 42.5 Å². The lowest BCUT2D eigenvalue weighted by molar-refractivity contribution is -0.384. The summed E-state index contributed by atoms with van der Waals surface area (Å²) in [6, 6.07) is 28.9. The Bertz CT molecular complexity index is 1860. The average molecular weight is 501 g/mol. The summed E-state index contributed by atoms with van der Waals surface area (Å²) in [5, 5.41) is 16.3. The van der Waals surface area contributed by atoms with E-state index in [1.165, 1.54) is 18.2 Å². The number of para-hydroxylation sites is 1. The highest BCUT2D eigenvalue weighted by atomic mass is 16.6. The molecular weight excluding hydrogens is 482 g/mol. The molecule has 0 atom stereocenters. The van der Waals surface area contributed by atoms with Gasteiger partial charge in [0.25, 0.3) is 5.69 Å². The Hall–Kier alpha value is -5.50. The molecule has 38 heavy (non-hydrogen) atoms. The van der Waals surface area contributed by atoms with Crippen molar-refractivity contribution < 1.29 is 18.6 Å². The SMILES string of the molecule is O=C(/C=C/c1ccc(-c2ccccc2[N+](=O)[O-])o1)Nc1ccc2oc(-c3ccc4ccccc4c3)nc2c1. The number of nitro benzene ring substituents is 1. The minimum Gasteiger partial charge on any atom is -0.456 e. The summed E-state index contributed by atoms with van der Waals surface area (Å²) in [4.78, 5) is 27.9. The van der Waals surface area contributed by atoms with Crippen LogP contribution < -0.4 is 5.32 Å². The first kappa shape index (κ1) is 22.9. The van der Waals surface area contributed by atoms with Gasteiger partial charge in [-0.25, -0.2) is 4.98 Å². The van der Waals surface area contributed by atoms with E-state index in [0.29, 0.717) is 39.8 Å². The van der Waals surface area contributed by atoms with Gasteiger partial charge in [-0.15, -0.1) is 0 Å². The molecule has 184 valence electrons. The maximum absolute atomic E-state index is 12.5. The van der Waals surface area contributed by atoms with Crippen molar-refractivity contribution >= 4 is 45.2 Å². The molecule has 0 aliphatic heterocycles. The molecule has 0 spiro atoms. The van der Waals surface area contributed by atoms with Gasteiger partial charge in [0.2, 0.25) is 11.8 Å². The Morgan fingerprint density at radius 1 is 0.868 bits per heavy atom. The maximum Gasteiger partial charge on any atom is 0.280 e. The number of amides is 1. The molecule has 0 aliphatic rings. The standard InChI is InChI=1S/C30H19N3O5/c34-29(16-13-23-12-15-27(37-23)24-7-3-4-8-26(24)33(35)36)31-22-11-14-28-25(18-22)32-30(38-28)21-10-9-19-5-1-2-6-20(19)17-21/h1-18H,(H,31,34)/b16-13+. The fourth-order valence-corrected chi connectivity index (χ4v) is 4.22. The van der Waals surface area contributed by atoms with E-state index in [1.807, 2.05) is 36.4 Å². The first-order valence-electron chi connectivity index (χ1n) is 11.8. The van der Waals surface area contributed by atoms with Gasteiger partial charge in [-0.2, -0.15) is 0 Å². The molecule has 8 nitrogen and oxygen atoms in total. The summed E-state index contributed by atoms with van der Waals surface area (Å²) >= 11 is 0. The van der Waals surface area contributed by atoms with E-state index in [4.69, 9.17) is 8.83 Å². The van der Waals surface area contributed by atoms with Crippen molar-refractivity contribution in [3.05, 3.63) is 119 Å². The maximum atomic E-state index is 12.5. The van der Waals surface area contributed by atoms with Gasteiger partial charge in [-0.05, 0) is 65.4 Å². The number of carbonyl (C=O) groups is 1. The van der Waals surface area contributed by atoms with Crippen LogP contribution in [0, 0.1) is 10.1 Å². The summed E-state index contributed by atoms with van der Waals surface area (Å²) in [6.07, 6.45) is 2.83. The highest BCUT2D eigenvalue weighted by Gasteiger charge is 2.17. The zero-order chi connectivity index (χ0) is 26.1. The van der Waals surface area contributed by atoms with Gasteiger partial charge >= 0.3 is 0 Å². The third-order valence-corrected chi connectivity index (χ3v) is 6.04. The number of rotatable bonds is 6. The second kappa shape index (κ2) is 9.51. The highest BCUT2D eigenvalue weighted by Crippen LogP contribution is 2.31.